The van der Waals surface area contributed by atoms with E-state index in [1.807, 2.05) is 35.7 Å². The topological polar surface area (TPSA) is 58.2 Å². The van der Waals surface area contributed by atoms with Gasteiger partial charge in [0, 0.05) is 9.26 Å². The van der Waals surface area contributed by atoms with Crippen LogP contribution < -0.4 is 10.6 Å². The second kappa shape index (κ2) is 7.59. The summed E-state index contributed by atoms with van der Waals surface area (Å²) in [6.07, 6.45) is 0. The predicted octanol–water partition coefficient (Wildman–Crippen LogP) is 4.86. The summed E-state index contributed by atoms with van der Waals surface area (Å²) in [4.78, 5) is 25.3. The predicted molar refractivity (Wildman–Crippen MR) is 106 cm³/mol. The number of para-hydroxylation sites is 1. The van der Waals surface area contributed by atoms with Gasteiger partial charge in [0.2, 0.25) is 0 Å². The molecule has 2 N–H and O–H groups in total. The van der Waals surface area contributed by atoms with Crippen LogP contribution in [0.5, 0.6) is 0 Å². The second-order valence-corrected chi connectivity index (χ2v) is 7.13. The fourth-order valence-electron chi connectivity index (χ4n) is 2.11. The van der Waals surface area contributed by atoms with E-state index in [0.717, 1.165) is 3.57 Å². The first-order valence-electron chi connectivity index (χ1n) is 7.14. The lowest BCUT2D eigenvalue weighted by Gasteiger charge is -2.11. The zero-order valence-corrected chi connectivity index (χ0v) is 15.4. The molecule has 0 unspecified atom stereocenters. The molecule has 2 amide bonds. The minimum atomic E-state index is -0.265. The Morgan fingerprint density at radius 2 is 1.58 bits per heavy atom. The summed E-state index contributed by atoms with van der Waals surface area (Å²) in [5.74, 6) is -0.488. The van der Waals surface area contributed by atoms with Crippen molar-refractivity contribution in [3.05, 3.63) is 80.1 Å². The van der Waals surface area contributed by atoms with E-state index in [1.165, 1.54) is 11.3 Å². The Hall–Kier alpha value is -2.19. The molecule has 4 nitrogen and oxygen atoms in total. The lowest BCUT2D eigenvalue weighted by molar-refractivity contribution is 0.102. The first-order valence-corrected chi connectivity index (χ1v) is 9.10. The van der Waals surface area contributed by atoms with Crippen molar-refractivity contribution >= 4 is 57.1 Å². The number of halogens is 1. The van der Waals surface area contributed by atoms with Crippen LogP contribution in [0.15, 0.2) is 66.0 Å². The Balaban J connectivity index is 1.79. The van der Waals surface area contributed by atoms with Crippen LogP contribution in [0.1, 0.15) is 20.0 Å². The summed E-state index contributed by atoms with van der Waals surface area (Å²) in [5, 5.41) is 7.48. The number of benzene rings is 2. The fourth-order valence-corrected chi connectivity index (χ4v) is 3.09. The van der Waals surface area contributed by atoms with Gasteiger partial charge < -0.3 is 10.6 Å². The monoisotopic (exact) mass is 448 g/mol. The van der Waals surface area contributed by atoms with Gasteiger partial charge in [-0.2, -0.15) is 0 Å². The van der Waals surface area contributed by atoms with Crippen LogP contribution in [0.3, 0.4) is 0 Å². The Morgan fingerprint density at radius 3 is 2.29 bits per heavy atom. The van der Waals surface area contributed by atoms with Gasteiger partial charge in [0.25, 0.3) is 11.8 Å². The fraction of sp³-hybridized carbons (Fsp3) is 0. The smallest absolute Gasteiger partial charge is 0.265 e. The van der Waals surface area contributed by atoms with E-state index in [-0.39, 0.29) is 11.8 Å². The molecule has 24 heavy (non-hydrogen) atoms. The van der Waals surface area contributed by atoms with Crippen molar-refractivity contribution in [2.75, 3.05) is 10.6 Å². The molecule has 0 saturated heterocycles. The molecule has 0 radical (unpaired) electrons. The van der Waals surface area contributed by atoms with Crippen LogP contribution in [0.4, 0.5) is 11.4 Å². The van der Waals surface area contributed by atoms with Gasteiger partial charge in [0.1, 0.15) is 0 Å². The van der Waals surface area contributed by atoms with Crippen LogP contribution in [-0.2, 0) is 0 Å². The minimum Gasteiger partial charge on any atom is -0.322 e. The highest BCUT2D eigenvalue weighted by Gasteiger charge is 2.14. The Morgan fingerprint density at radius 1 is 0.833 bits per heavy atom. The lowest BCUT2D eigenvalue weighted by Crippen LogP contribution is -2.17. The van der Waals surface area contributed by atoms with Gasteiger partial charge in [-0.15, -0.1) is 11.3 Å². The molecule has 0 atom stereocenters. The van der Waals surface area contributed by atoms with Crippen molar-refractivity contribution in [2.24, 2.45) is 0 Å². The Labute approximate surface area is 157 Å². The summed E-state index contributed by atoms with van der Waals surface area (Å²) in [6, 6.07) is 18.0. The van der Waals surface area contributed by atoms with Crippen LogP contribution in [0.25, 0.3) is 0 Å². The van der Waals surface area contributed by atoms with Gasteiger partial charge in [-0.25, -0.2) is 0 Å². The molecule has 0 saturated carbocycles. The average molecular weight is 448 g/mol. The molecule has 2 aromatic carbocycles. The summed E-state index contributed by atoms with van der Waals surface area (Å²) in [5.41, 5.74) is 1.61. The van der Waals surface area contributed by atoms with Gasteiger partial charge >= 0.3 is 0 Å². The van der Waals surface area contributed by atoms with E-state index in [0.29, 0.717) is 21.8 Å². The highest BCUT2D eigenvalue weighted by atomic mass is 127. The van der Waals surface area contributed by atoms with Crippen molar-refractivity contribution in [2.45, 2.75) is 0 Å². The second-order valence-electron chi connectivity index (χ2n) is 4.94. The van der Waals surface area contributed by atoms with Gasteiger partial charge in [-0.3, -0.25) is 9.59 Å². The van der Waals surface area contributed by atoms with Crippen LogP contribution in [0, 0.1) is 3.57 Å². The van der Waals surface area contributed by atoms with Crippen molar-refractivity contribution < 1.29 is 9.59 Å². The zero-order valence-electron chi connectivity index (χ0n) is 12.5. The number of rotatable bonds is 4. The number of thiophene rings is 1. The summed E-state index contributed by atoms with van der Waals surface area (Å²) < 4.78 is 1.09. The van der Waals surface area contributed by atoms with Gasteiger partial charge in [0.15, 0.2) is 0 Å². The number of carbonyl (C=O) groups excluding carboxylic acids is 2. The van der Waals surface area contributed by atoms with Crippen molar-refractivity contribution in [1.82, 2.24) is 0 Å². The maximum atomic E-state index is 12.5. The molecule has 0 bridgehead atoms. The summed E-state index contributed by atoms with van der Waals surface area (Å²) in [7, 11) is 0. The molecule has 0 aliphatic heterocycles. The molecule has 3 rings (SSSR count). The summed E-state index contributed by atoms with van der Waals surface area (Å²) >= 11 is 3.56. The van der Waals surface area contributed by atoms with E-state index in [1.54, 1.807) is 30.3 Å². The molecule has 1 aromatic heterocycles. The minimum absolute atomic E-state index is 0.223. The maximum Gasteiger partial charge on any atom is 0.265 e. The first-order chi connectivity index (χ1) is 11.6. The molecule has 0 aliphatic rings. The highest BCUT2D eigenvalue weighted by Crippen LogP contribution is 2.20. The molecule has 0 spiro atoms. The summed E-state index contributed by atoms with van der Waals surface area (Å²) in [6.45, 7) is 0. The van der Waals surface area contributed by atoms with Crippen LogP contribution in [-0.4, -0.2) is 11.8 Å². The molecular weight excluding hydrogens is 435 g/mol. The molecule has 6 heteroatoms. The Bertz CT molecular complexity index is 861. The molecule has 3 aromatic rings. The third-order valence-electron chi connectivity index (χ3n) is 3.27. The van der Waals surface area contributed by atoms with Crippen molar-refractivity contribution in [3.63, 3.8) is 0 Å². The molecule has 1 heterocycles. The SMILES string of the molecule is O=C(Nc1ccccc1C(=O)Nc1ccc(I)cc1)c1cccs1. The molecule has 120 valence electrons. The number of nitrogens with one attached hydrogen (secondary N) is 2. The number of anilines is 2. The van der Waals surface area contributed by atoms with Crippen molar-refractivity contribution in [1.29, 1.82) is 0 Å². The van der Waals surface area contributed by atoms with Gasteiger partial charge in [-0.05, 0) is 70.4 Å². The largest absolute Gasteiger partial charge is 0.322 e. The van der Waals surface area contributed by atoms with Crippen LogP contribution >= 0.6 is 33.9 Å². The van der Waals surface area contributed by atoms with E-state index in [2.05, 4.69) is 33.2 Å². The average Bonchev–Trinajstić information content (AvgIpc) is 3.12. The normalized spacial score (nSPS) is 10.2. The number of amides is 2. The van der Waals surface area contributed by atoms with Gasteiger partial charge in [-0.1, -0.05) is 18.2 Å². The quantitative estimate of drug-likeness (QED) is 0.561. The third kappa shape index (κ3) is 4.01. The number of hydrogen-bond acceptors (Lipinski definition) is 3. The molecular formula is C18H13IN2O2S. The maximum absolute atomic E-state index is 12.5. The van der Waals surface area contributed by atoms with Crippen molar-refractivity contribution in [3.8, 4) is 0 Å². The standard InChI is InChI=1S/C18H13IN2O2S/c19-12-7-9-13(10-8-12)20-17(22)14-4-1-2-5-15(14)21-18(23)16-6-3-11-24-16/h1-11H,(H,20,22)(H,21,23). The van der Waals surface area contributed by atoms with E-state index < -0.39 is 0 Å². The Kier molecular flexibility index (Phi) is 5.27. The highest BCUT2D eigenvalue weighted by molar-refractivity contribution is 14.1. The molecule has 0 aliphatic carbocycles. The van der Waals surface area contributed by atoms with E-state index in [9.17, 15) is 9.59 Å². The van der Waals surface area contributed by atoms with Crippen LogP contribution in [0.2, 0.25) is 0 Å². The van der Waals surface area contributed by atoms with Gasteiger partial charge in [0.05, 0.1) is 16.1 Å². The first kappa shape index (κ1) is 16.7. The van der Waals surface area contributed by atoms with E-state index >= 15 is 0 Å². The van der Waals surface area contributed by atoms with E-state index in [4.69, 9.17) is 0 Å². The molecule has 0 fully saturated rings. The number of carbonyl (C=O) groups is 2. The lowest BCUT2D eigenvalue weighted by atomic mass is 10.1. The third-order valence-corrected chi connectivity index (χ3v) is 4.85. The number of hydrogen-bond donors (Lipinski definition) is 2. The zero-order chi connectivity index (χ0) is 16.9.